The number of morpholine rings is 1. The summed E-state index contributed by atoms with van der Waals surface area (Å²) in [5.74, 6) is -0.615. The summed E-state index contributed by atoms with van der Waals surface area (Å²) < 4.78 is 16.7. The maximum Gasteiger partial charge on any atom is 0.410 e. The normalized spacial score (nSPS) is 15.5. The van der Waals surface area contributed by atoms with Crippen LogP contribution in [-0.2, 0) is 32.0 Å². The molecule has 1 saturated heterocycles. The first kappa shape index (κ1) is 26.9. The lowest BCUT2D eigenvalue weighted by atomic mass is 10.0. The third-order valence-corrected chi connectivity index (χ3v) is 6.23. The number of benzene rings is 3. The number of amides is 2. The van der Waals surface area contributed by atoms with Crippen LogP contribution in [0.5, 0.6) is 0 Å². The van der Waals surface area contributed by atoms with Gasteiger partial charge in [0.1, 0.15) is 6.07 Å². The molecule has 4 rings (SSSR count). The maximum absolute atomic E-state index is 13.4. The van der Waals surface area contributed by atoms with Crippen molar-refractivity contribution < 1.29 is 23.8 Å². The molecule has 0 spiro atoms. The van der Waals surface area contributed by atoms with Crippen molar-refractivity contribution >= 4 is 12.0 Å². The van der Waals surface area contributed by atoms with Crippen LogP contribution in [0.3, 0.4) is 0 Å². The zero-order valence-electron chi connectivity index (χ0n) is 21.3. The van der Waals surface area contributed by atoms with E-state index in [4.69, 9.17) is 14.2 Å². The first-order valence-corrected chi connectivity index (χ1v) is 12.5. The molecule has 3 aromatic carbocycles. The fourth-order valence-corrected chi connectivity index (χ4v) is 4.02. The molecule has 2 atom stereocenters. The highest BCUT2D eigenvalue weighted by molar-refractivity contribution is 5.84. The minimum Gasteiger partial charge on any atom is -0.436 e. The lowest BCUT2D eigenvalue weighted by molar-refractivity contribution is -0.138. The molecule has 8 heteroatoms. The largest absolute Gasteiger partial charge is 0.436 e. The molecule has 2 unspecified atom stereocenters. The van der Waals surface area contributed by atoms with Gasteiger partial charge in [-0.1, -0.05) is 84.9 Å². The van der Waals surface area contributed by atoms with Crippen LogP contribution < -0.4 is 5.32 Å². The van der Waals surface area contributed by atoms with Crippen LogP contribution in [0.25, 0.3) is 11.1 Å². The van der Waals surface area contributed by atoms with Gasteiger partial charge in [-0.3, -0.25) is 4.79 Å². The summed E-state index contributed by atoms with van der Waals surface area (Å²) in [7, 11) is 0. The van der Waals surface area contributed by atoms with Crippen LogP contribution in [0, 0.1) is 11.3 Å². The number of nitrogens with one attached hydrogen (secondary N) is 1. The summed E-state index contributed by atoms with van der Waals surface area (Å²) in [5.41, 5.74) is 2.16. The molecule has 0 bridgehead atoms. The Morgan fingerprint density at radius 1 is 0.947 bits per heavy atom. The zero-order valence-corrected chi connectivity index (χ0v) is 21.3. The Hall–Kier alpha value is -4.19. The van der Waals surface area contributed by atoms with Gasteiger partial charge in [0.15, 0.2) is 6.10 Å². The SMILES string of the molecule is CC(C#N)(NC(=O)C(Cc1ccc(-c2ccccc2)cc1)OC(=O)N1CCOCC1)OCc1ccccc1. The maximum atomic E-state index is 13.4. The Morgan fingerprint density at radius 2 is 1.55 bits per heavy atom. The van der Waals surface area contributed by atoms with Crippen LogP contribution in [0.4, 0.5) is 4.79 Å². The molecular weight excluding hydrogens is 482 g/mol. The molecule has 3 aromatic rings. The second-order valence-corrected chi connectivity index (χ2v) is 9.15. The van der Waals surface area contributed by atoms with E-state index >= 15 is 0 Å². The van der Waals surface area contributed by atoms with Gasteiger partial charge < -0.3 is 24.4 Å². The number of ether oxygens (including phenoxy) is 3. The second-order valence-electron chi connectivity index (χ2n) is 9.15. The van der Waals surface area contributed by atoms with Gasteiger partial charge in [-0.25, -0.2) is 4.79 Å². The van der Waals surface area contributed by atoms with Gasteiger partial charge in [-0.15, -0.1) is 0 Å². The molecule has 0 aliphatic carbocycles. The fourth-order valence-electron chi connectivity index (χ4n) is 4.02. The number of hydrogen-bond acceptors (Lipinski definition) is 6. The molecular formula is C30H31N3O5. The van der Waals surface area contributed by atoms with Crippen molar-refractivity contribution in [1.29, 1.82) is 5.26 Å². The number of nitrogens with zero attached hydrogens (tertiary/aromatic N) is 2. The highest BCUT2D eigenvalue weighted by Crippen LogP contribution is 2.21. The summed E-state index contributed by atoms with van der Waals surface area (Å²) in [5, 5.41) is 12.4. The second kappa shape index (κ2) is 12.9. The summed E-state index contributed by atoms with van der Waals surface area (Å²) in [6, 6.07) is 29.1. The summed E-state index contributed by atoms with van der Waals surface area (Å²) in [6.45, 7) is 3.19. The van der Waals surface area contributed by atoms with Crippen molar-refractivity contribution in [2.75, 3.05) is 26.3 Å². The number of carbonyl (C=O) groups is 2. The molecule has 196 valence electrons. The van der Waals surface area contributed by atoms with Crippen LogP contribution >= 0.6 is 0 Å². The molecule has 1 aliphatic rings. The van der Waals surface area contributed by atoms with Gasteiger partial charge >= 0.3 is 6.09 Å². The third kappa shape index (κ3) is 7.42. The quantitative estimate of drug-likeness (QED) is 0.428. The van der Waals surface area contributed by atoms with E-state index in [0.717, 1.165) is 22.3 Å². The standard InChI is InChI=1S/C30H31N3O5/c1-30(22-31,37-21-24-8-4-2-5-9-24)32-28(34)27(38-29(35)33-16-18-36-19-17-33)20-23-12-14-26(15-13-23)25-10-6-3-7-11-25/h2-15,27H,16-21H2,1H3,(H,32,34). The van der Waals surface area contributed by atoms with Crippen LogP contribution in [0.15, 0.2) is 84.9 Å². The van der Waals surface area contributed by atoms with E-state index in [2.05, 4.69) is 5.32 Å². The Morgan fingerprint density at radius 3 is 2.18 bits per heavy atom. The number of rotatable bonds is 9. The topological polar surface area (TPSA) is 101 Å². The van der Waals surface area contributed by atoms with Gasteiger partial charge in [-0.05, 0) is 29.2 Å². The van der Waals surface area contributed by atoms with Crippen molar-refractivity contribution in [3.05, 3.63) is 96.1 Å². The van der Waals surface area contributed by atoms with Gasteiger partial charge in [-0.2, -0.15) is 5.26 Å². The first-order valence-electron chi connectivity index (χ1n) is 12.5. The van der Waals surface area contributed by atoms with E-state index in [1.165, 1.54) is 11.8 Å². The zero-order chi connectivity index (χ0) is 26.8. The molecule has 0 aromatic heterocycles. The van der Waals surface area contributed by atoms with E-state index in [-0.39, 0.29) is 13.0 Å². The highest BCUT2D eigenvalue weighted by Gasteiger charge is 2.34. The van der Waals surface area contributed by atoms with Crippen molar-refractivity contribution in [2.45, 2.75) is 31.8 Å². The Bertz CT molecular complexity index is 1240. The molecule has 2 amide bonds. The predicted molar refractivity (Wildman–Crippen MR) is 142 cm³/mol. The van der Waals surface area contributed by atoms with Crippen molar-refractivity contribution in [1.82, 2.24) is 10.2 Å². The molecule has 38 heavy (non-hydrogen) atoms. The Balaban J connectivity index is 1.48. The molecule has 1 fully saturated rings. The predicted octanol–water partition coefficient (Wildman–Crippen LogP) is 4.31. The van der Waals surface area contributed by atoms with Crippen LogP contribution in [0.1, 0.15) is 18.1 Å². The summed E-state index contributed by atoms with van der Waals surface area (Å²) in [6.07, 6.45) is -1.63. The number of nitriles is 1. The van der Waals surface area contributed by atoms with Crippen LogP contribution in [0.2, 0.25) is 0 Å². The molecule has 0 radical (unpaired) electrons. The molecule has 8 nitrogen and oxygen atoms in total. The lowest BCUT2D eigenvalue weighted by Gasteiger charge is -2.30. The fraction of sp³-hybridized carbons (Fsp3) is 0.300. The molecule has 0 saturated carbocycles. The third-order valence-electron chi connectivity index (χ3n) is 6.23. The van der Waals surface area contributed by atoms with Crippen molar-refractivity contribution in [3.63, 3.8) is 0 Å². The Kier molecular flexibility index (Phi) is 9.09. The van der Waals surface area contributed by atoms with E-state index in [1.807, 2.05) is 91.0 Å². The molecule has 1 N–H and O–H groups in total. The summed E-state index contributed by atoms with van der Waals surface area (Å²) >= 11 is 0. The van der Waals surface area contributed by atoms with Crippen molar-refractivity contribution in [2.24, 2.45) is 0 Å². The van der Waals surface area contributed by atoms with Gasteiger partial charge in [0.05, 0.1) is 19.8 Å². The monoisotopic (exact) mass is 513 g/mol. The summed E-state index contributed by atoms with van der Waals surface area (Å²) in [4.78, 5) is 27.7. The minimum atomic E-state index is -1.62. The van der Waals surface area contributed by atoms with Crippen LogP contribution in [-0.4, -0.2) is 55.0 Å². The average molecular weight is 514 g/mol. The number of hydrogen-bond donors (Lipinski definition) is 1. The molecule has 1 aliphatic heterocycles. The minimum absolute atomic E-state index is 0.129. The van der Waals surface area contributed by atoms with E-state index in [1.54, 1.807) is 0 Å². The van der Waals surface area contributed by atoms with E-state index in [0.29, 0.717) is 26.3 Å². The lowest BCUT2D eigenvalue weighted by Crippen LogP contribution is -2.53. The average Bonchev–Trinajstić information content (AvgIpc) is 2.97. The van der Waals surface area contributed by atoms with Crippen molar-refractivity contribution in [3.8, 4) is 17.2 Å². The molecule has 1 heterocycles. The number of carbonyl (C=O) groups excluding carboxylic acids is 2. The van der Waals surface area contributed by atoms with E-state index in [9.17, 15) is 14.9 Å². The Labute approximate surface area is 222 Å². The first-order chi connectivity index (χ1) is 18.5. The van der Waals surface area contributed by atoms with Gasteiger partial charge in [0.25, 0.3) is 5.91 Å². The highest BCUT2D eigenvalue weighted by atomic mass is 16.6. The van der Waals surface area contributed by atoms with E-state index < -0.39 is 23.8 Å². The smallest absolute Gasteiger partial charge is 0.410 e. The van der Waals surface area contributed by atoms with Gasteiger partial charge in [0.2, 0.25) is 5.72 Å². The van der Waals surface area contributed by atoms with Gasteiger partial charge in [0, 0.05) is 19.5 Å².